The Balaban J connectivity index is 1.55. The van der Waals surface area contributed by atoms with Crippen LogP contribution in [-0.4, -0.2) is 42.6 Å². The molecule has 0 spiro atoms. The third-order valence-corrected chi connectivity index (χ3v) is 4.87. The Labute approximate surface area is 134 Å². The normalized spacial score (nSPS) is 24.8. The van der Waals surface area contributed by atoms with Crippen LogP contribution in [0.25, 0.3) is 0 Å². The van der Waals surface area contributed by atoms with Crippen molar-refractivity contribution in [2.75, 3.05) is 19.7 Å². The fraction of sp³-hybridized carbons (Fsp3) is 0.533. The lowest BCUT2D eigenvalue weighted by Gasteiger charge is -2.24. The third-order valence-electron chi connectivity index (χ3n) is 4.13. The first-order valence-electron chi connectivity index (χ1n) is 7.23. The first-order chi connectivity index (χ1) is 10.1. The largest absolute Gasteiger partial charge is 0.484 e. The minimum absolute atomic E-state index is 0.0235. The summed E-state index contributed by atoms with van der Waals surface area (Å²) in [5.41, 5.74) is 0. The van der Waals surface area contributed by atoms with Gasteiger partial charge in [0.15, 0.2) is 6.61 Å². The number of ether oxygens (including phenoxy) is 1. The number of carbonyl (C=O) groups excluding carboxylic acids is 1. The van der Waals surface area contributed by atoms with Gasteiger partial charge in [0, 0.05) is 31.2 Å². The zero-order valence-corrected chi connectivity index (χ0v) is 13.2. The number of halogens is 2. The van der Waals surface area contributed by atoms with E-state index >= 15 is 0 Å². The van der Waals surface area contributed by atoms with Gasteiger partial charge in [0.05, 0.1) is 10.0 Å². The highest BCUT2D eigenvalue weighted by atomic mass is 35.5. The summed E-state index contributed by atoms with van der Waals surface area (Å²) in [6.07, 6.45) is 3.41. The lowest BCUT2D eigenvalue weighted by Crippen LogP contribution is -2.41. The Hall–Kier alpha value is -0.970. The van der Waals surface area contributed by atoms with Gasteiger partial charge >= 0.3 is 0 Å². The molecule has 114 valence electrons. The predicted octanol–water partition coefficient (Wildman–Crippen LogP) is 2.73. The van der Waals surface area contributed by atoms with Gasteiger partial charge in [-0.25, -0.2) is 0 Å². The van der Waals surface area contributed by atoms with Crippen molar-refractivity contribution < 1.29 is 9.53 Å². The number of hydrogen-bond acceptors (Lipinski definition) is 3. The highest BCUT2D eigenvalue weighted by Gasteiger charge is 2.31. The van der Waals surface area contributed by atoms with Crippen molar-refractivity contribution >= 4 is 29.1 Å². The molecule has 0 radical (unpaired) electrons. The summed E-state index contributed by atoms with van der Waals surface area (Å²) in [6.45, 7) is 1.62. The molecule has 2 bridgehead atoms. The number of benzene rings is 1. The van der Waals surface area contributed by atoms with Crippen LogP contribution in [0.3, 0.4) is 0 Å². The molecule has 1 aromatic rings. The maximum absolute atomic E-state index is 12.3. The number of rotatable bonds is 3. The first kappa shape index (κ1) is 14.9. The topological polar surface area (TPSA) is 41.6 Å². The third kappa shape index (κ3) is 3.62. The zero-order chi connectivity index (χ0) is 14.8. The number of nitrogens with one attached hydrogen (secondary N) is 1. The van der Waals surface area contributed by atoms with E-state index in [1.165, 1.54) is 6.42 Å². The van der Waals surface area contributed by atoms with Crippen molar-refractivity contribution in [2.24, 2.45) is 0 Å². The average Bonchev–Trinajstić information content (AvgIpc) is 2.79. The van der Waals surface area contributed by atoms with Crippen LogP contribution < -0.4 is 10.1 Å². The fourth-order valence-corrected chi connectivity index (χ4v) is 3.26. The SMILES string of the molecule is O=C(COc1ccc(Cl)c(Cl)c1)N1CCC2CCC(C1)N2. The Morgan fingerprint density at radius 1 is 1.24 bits per heavy atom. The van der Waals surface area contributed by atoms with E-state index in [1.54, 1.807) is 18.2 Å². The quantitative estimate of drug-likeness (QED) is 0.927. The van der Waals surface area contributed by atoms with Crippen molar-refractivity contribution in [3.63, 3.8) is 0 Å². The monoisotopic (exact) mass is 328 g/mol. The van der Waals surface area contributed by atoms with Gasteiger partial charge in [0.25, 0.3) is 5.91 Å². The number of amides is 1. The summed E-state index contributed by atoms with van der Waals surface area (Å²) in [5.74, 6) is 0.586. The van der Waals surface area contributed by atoms with Gasteiger partial charge in [-0.2, -0.15) is 0 Å². The molecule has 0 aliphatic carbocycles. The molecular weight excluding hydrogens is 311 g/mol. The van der Waals surface area contributed by atoms with E-state index in [0.717, 1.165) is 25.9 Å². The molecule has 21 heavy (non-hydrogen) atoms. The summed E-state index contributed by atoms with van der Waals surface area (Å²) in [4.78, 5) is 14.2. The second-order valence-electron chi connectivity index (χ2n) is 5.63. The van der Waals surface area contributed by atoms with Crippen LogP contribution in [0.15, 0.2) is 18.2 Å². The van der Waals surface area contributed by atoms with E-state index in [0.29, 0.717) is 27.9 Å². The summed E-state index contributed by atoms with van der Waals surface area (Å²) in [7, 11) is 0. The van der Waals surface area contributed by atoms with Gasteiger partial charge in [-0.3, -0.25) is 4.79 Å². The number of nitrogens with zero attached hydrogens (tertiary/aromatic N) is 1. The van der Waals surface area contributed by atoms with Crippen molar-refractivity contribution in [1.29, 1.82) is 0 Å². The highest BCUT2D eigenvalue weighted by Crippen LogP contribution is 2.26. The number of carbonyl (C=O) groups is 1. The number of likely N-dealkylation sites (tertiary alicyclic amines) is 1. The Morgan fingerprint density at radius 3 is 2.86 bits per heavy atom. The van der Waals surface area contributed by atoms with Crippen LogP contribution in [0.5, 0.6) is 5.75 Å². The van der Waals surface area contributed by atoms with Crippen LogP contribution in [-0.2, 0) is 4.79 Å². The van der Waals surface area contributed by atoms with Gasteiger partial charge in [-0.1, -0.05) is 23.2 Å². The molecule has 2 fully saturated rings. The number of hydrogen-bond donors (Lipinski definition) is 1. The van der Waals surface area contributed by atoms with Gasteiger partial charge in [-0.15, -0.1) is 0 Å². The summed E-state index contributed by atoms with van der Waals surface area (Å²) in [6, 6.07) is 6.02. The average molecular weight is 329 g/mol. The summed E-state index contributed by atoms with van der Waals surface area (Å²) >= 11 is 11.8. The molecule has 1 amide bonds. The Morgan fingerprint density at radius 2 is 2.05 bits per heavy atom. The molecule has 2 aliphatic heterocycles. The van der Waals surface area contributed by atoms with E-state index in [9.17, 15) is 4.79 Å². The smallest absolute Gasteiger partial charge is 0.260 e. The van der Waals surface area contributed by atoms with Gasteiger partial charge < -0.3 is 15.0 Å². The van der Waals surface area contributed by atoms with Crippen molar-refractivity contribution in [1.82, 2.24) is 10.2 Å². The Bertz CT molecular complexity index is 538. The highest BCUT2D eigenvalue weighted by molar-refractivity contribution is 6.42. The van der Waals surface area contributed by atoms with Gasteiger partial charge in [0.2, 0.25) is 0 Å². The minimum Gasteiger partial charge on any atom is -0.484 e. The first-order valence-corrected chi connectivity index (χ1v) is 7.99. The maximum Gasteiger partial charge on any atom is 0.260 e. The fourth-order valence-electron chi connectivity index (χ4n) is 2.97. The van der Waals surface area contributed by atoms with Crippen molar-refractivity contribution in [2.45, 2.75) is 31.3 Å². The second-order valence-corrected chi connectivity index (χ2v) is 6.45. The van der Waals surface area contributed by atoms with Gasteiger partial charge in [0.1, 0.15) is 5.75 Å². The van der Waals surface area contributed by atoms with Crippen LogP contribution in [0.1, 0.15) is 19.3 Å². The van der Waals surface area contributed by atoms with E-state index in [4.69, 9.17) is 27.9 Å². The van der Waals surface area contributed by atoms with Crippen molar-refractivity contribution in [3.8, 4) is 5.75 Å². The molecule has 0 aromatic heterocycles. The molecule has 2 heterocycles. The van der Waals surface area contributed by atoms with Crippen LogP contribution in [0.2, 0.25) is 10.0 Å². The van der Waals surface area contributed by atoms with Crippen LogP contribution in [0.4, 0.5) is 0 Å². The second kappa shape index (κ2) is 6.42. The van der Waals surface area contributed by atoms with E-state index < -0.39 is 0 Å². The zero-order valence-electron chi connectivity index (χ0n) is 11.6. The molecule has 6 heteroatoms. The van der Waals surface area contributed by atoms with Crippen molar-refractivity contribution in [3.05, 3.63) is 28.2 Å². The molecule has 1 aromatic carbocycles. The molecule has 2 saturated heterocycles. The lowest BCUT2D eigenvalue weighted by atomic mass is 10.1. The van der Waals surface area contributed by atoms with Gasteiger partial charge in [-0.05, 0) is 31.4 Å². The predicted molar refractivity (Wildman–Crippen MR) is 83.1 cm³/mol. The van der Waals surface area contributed by atoms with E-state index in [2.05, 4.69) is 5.32 Å². The maximum atomic E-state index is 12.3. The van der Waals surface area contributed by atoms with E-state index in [-0.39, 0.29) is 12.5 Å². The number of fused-ring (bicyclic) bond motifs is 2. The lowest BCUT2D eigenvalue weighted by molar-refractivity contribution is -0.133. The molecule has 2 unspecified atom stereocenters. The molecule has 3 rings (SSSR count). The molecular formula is C15H18Cl2N2O2. The standard InChI is InChI=1S/C15H18Cl2N2O2/c16-13-4-3-12(7-14(13)17)21-9-15(20)19-6-5-10-1-2-11(8-19)18-10/h3-4,7,10-11,18H,1-2,5-6,8-9H2. The summed E-state index contributed by atoms with van der Waals surface area (Å²) in [5, 5.41) is 4.46. The Kier molecular flexibility index (Phi) is 4.57. The molecule has 4 nitrogen and oxygen atoms in total. The van der Waals surface area contributed by atoms with Crippen LogP contribution in [0, 0.1) is 0 Å². The molecule has 0 saturated carbocycles. The van der Waals surface area contributed by atoms with E-state index in [1.807, 2.05) is 4.90 Å². The molecule has 2 aliphatic rings. The summed E-state index contributed by atoms with van der Waals surface area (Å²) < 4.78 is 5.52. The molecule has 2 atom stereocenters. The minimum atomic E-state index is 0.0235. The molecule has 1 N–H and O–H groups in total. The van der Waals surface area contributed by atoms with Crippen LogP contribution >= 0.6 is 23.2 Å².